The first-order valence-electron chi connectivity index (χ1n) is 6.59. The summed E-state index contributed by atoms with van der Waals surface area (Å²) in [6, 6.07) is 0. The van der Waals surface area contributed by atoms with E-state index in [1.54, 1.807) is 11.8 Å². The van der Waals surface area contributed by atoms with Crippen LogP contribution in [0.15, 0.2) is 5.16 Å². The van der Waals surface area contributed by atoms with E-state index in [0.717, 1.165) is 29.9 Å². The van der Waals surface area contributed by atoms with Gasteiger partial charge in [0, 0.05) is 18.8 Å². The molecule has 0 saturated carbocycles. The lowest BCUT2D eigenvalue weighted by Crippen LogP contribution is -2.31. The van der Waals surface area contributed by atoms with Gasteiger partial charge in [0.1, 0.15) is 0 Å². The fourth-order valence-electron chi connectivity index (χ4n) is 1.93. The van der Waals surface area contributed by atoms with E-state index < -0.39 is 0 Å². The van der Waals surface area contributed by atoms with Crippen LogP contribution in [0, 0.1) is 0 Å². The summed E-state index contributed by atoms with van der Waals surface area (Å²) in [7, 11) is 0. The molecule has 1 fully saturated rings. The Bertz CT molecular complexity index is 382. The van der Waals surface area contributed by atoms with E-state index in [0.29, 0.717) is 5.28 Å². The standard InChI is InChI=1S/C12H19ClN4S/c1-2-3-9-18-12-15-10(13)14-11(16-12)17-7-5-4-6-8-17/h2-9H2,1H3. The van der Waals surface area contributed by atoms with Gasteiger partial charge in [-0.15, -0.1) is 0 Å². The van der Waals surface area contributed by atoms with E-state index in [1.807, 2.05) is 0 Å². The maximum absolute atomic E-state index is 5.98. The van der Waals surface area contributed by atoms with Crippen LogP contribution in [0.3, 0.4) is 0 Å². The van der Waals surface area contributed by atoms with Gasteiger partial charge in [-0.2, -0.15) is 15.0 Å². The Labute approximate surface area is 118 Å². The predicted octanol–water partition coefficient (Wildman–Crippen LogP) is 3.41. The van der Waals surface area contributed by atoms with Gasteiger partial charge in [-0.1, -0.05) is 25.1 Å². The van der Waals surface area contributed by atoms with Crippen LogP contribution in [0.2, 0.25) is 5.28 Å². The molecule has 0 N–H and O–H groups in total. The summed E-state index contributed by atoms with van der Waals surface area (Å²) < 4.78 is 0. The van der Waals surface area contributed by atoms with Crippen molar-refractivity contribution in [1.29, 1.82) is 0 Å². The summed E-state index contributed by atoms with van der Waals surface area (Å²) in [6.45, 7) is 4.24. The van der Waals surface area contributed by atoms with Crippen LogP contribution in [0.25, 0.3) is 0 Å². The molecular formula is C12H19ClN4S. The van der Waals surface area contributed by atoms with E-state index >= 15 is 0 Å². The van der Waals surface area contributed by atoms with Crippen molar-refractivity contribution < 1.29 is 0 Å². The average Bonchev–Trinajstić information content (AvgIpc) is 2.39. The molecule has 6 heteroatoms. The summed E-state index contributed by atoms with van der Waals surface area (Å²) in [4.78, 5) is 15.1. The molecule has 0 spiro atoms. The lowest BCUT2D eigenvalue weighted by molar-refractivity contribution is 0.564. The summed E-state index contributed by atoms with van der Waals surface area (Å²) >= 11 is 7.64. The van der Waals surface area contributed by atoms with Gasteiger partial charge in [0.05, 0.1) is 0 Å². The Balaban J connectivity index is 2.05. The molecule has 0 atom stereocenters. The van der Waals surface area contributed by atoms with Gasteiger partial charge in [0.2, 0.25) is 11.2 Å². The van der Waals surface area contributed by atoms with Crippen LogP contribution in [-0.2, 0) is 0 Å². The molecular weight excluding hydrogens is 268 g/mol. The minimum atomic E-state index is 0.310. The van der Waals surface area contributed by atoms with Crippen molar-refractivity contribution in [3.8, 4) is 0 Å². The quantitative estimate of drug-likeness (QED) is 0.613. The number of hydrogen-bond acceptors (Lipinski definition) is 5. The highest BCUT2D eigenvalue weighted by Crippen LogP contribution is 2.21. The second-order valence-electron chi connectivity index (χ2n) is 4.44. The number of thioether (sulfide) groups is 1. The molecule has 0 unspecified atom stereocenters. The highest BCUT2D eigenvalue weighted by Gasteiger charge is 2.15. The molecule has 0 bridgehead atoms. The molecule has 100 valence electrons. The average molecular weight is 287 g/mol. The number of nitrogens with zero attached hydrogens (tertiary/aromatic N) is 4. The Hall–Kier alpha value is -0.550. The molecule has 0 radical (unpaired) electrons. The largest absolute Gasteiger partial charge is 0.341 e. The molecule has 0 aromatic carbocycles. The van der Waals surface area contributed by atoms with Crippen LogP contribution in [0.5, 0.6) is 0 Å². The summed E-state index contributed by atoms with van der Waals surface area (Å²) in [5.41, 5.74) is 0. The summed E-state index contributed by atoms with van der Waals surface area (Å²) in [6.07, 6.45) is 6.08. The number of piperidine rings is 1. The second kappa shape index (κ2) is 7.14. The van der Waals surface area contributed by atoms with Gasteiger partial charge in [-0.3, -0.25) is 0 Å². The maximum Gasteiger partial charge on any atom is 0.230 e. The van der Waals surface area contributed by atoms with Crippen molar-refractivity contribution in [2.45, 2.75) is 44.2 Å². The number of hydrogen-bond donors (Lipinski definition) is 0. The molecule has 0 amide bonds. The zero-order valence-electron chi connectivity index (χ0n) is 10.7. The number of anilines is 1. The van der Waals surface area contributed by atoms with Crippen LogP contribution >= 0.6 is 23.4 Å². The van der Waals surface area contributed by atoms with Crippen molar-refractivity contribution >= 4 is 29.3 Å². The lowest BCUT2D eigenvalue weighted by Gasteiger charge is -2.26. The van der Waals surface area contributed by atoms with Crippen LogP contribution < -0.4 is 4.90 Å². The van der Waals surface area contributed by atoms with Gasteiger partial charge >= 0.3 is 0 Å². The third kappa shape index (κ3) is 3.99. The molecule has 4 nitrogen and oxygen atoms in total. The second-order valence-corrected chi connectivity index (χ2v) is 5.84. The Morgan fingerprint density at radius 2 is 1.94 bits per heavy atom. The minimum Gasteiger partial charge on any atom is -0.341 e. The Morgan fingerprint density at radius 1 is 1.17 bits per heavy atom. The number of halogens is 1. The van der Waals surface area contributed by atoms with Gasteiger partial charge in [0.25, 0.3) is 0 Å². The van der Waals surface area contributed by atoms with E-state index in [4.69, 9.17) is 11.6 Å². The monoisotopic (exact) mass is 286 g/mol. The molecule has 18 heavy (non-hydrogen) atoms. The number of unbranched alkanes of at least 4 members (excludes halogenated alkanes) is 1. The first kappa shape index (κ1) is 13.9. The highest BCUT2D eigenvalue weighted by molar-refractivity contribution is 7.99. The zero-order chi connectivity index (χ0) is 12.8. The molecule has 1 aromatic rings. The van der Waals surface area contributed by atoms with E-state index in [2.05, 4.69) is 26.8 Å². The highest BCUT2D eigenvalue weighted by atomic mass is 35.5. The van der Waals surface area contributed by atoms with Crippen molar-refractivity contribution in [2.24, 2.45) is 0 Å². The maximum atomic E-state index is 5.98. The topological polar surface area (TPSA) is 41.9 Å². The predicted molar refractivity (Wildman–Crippen MR) is 76.5 cm³/mol. The number of rotatable bonds is 5. The van der Waals surface area contributed by atoms with Crippen molar-refractivity contribution in [1.82, 2.24) is 15.0 Å². The van der Waals surface area contributed by atoms with Crippen LogP contribution in [-0.4, -0.2) is 33.8 Å². The van der Waals surface area contributed by atoms with E-state index in [9.17, 15) is 0 Å². The fourth-order valence-corrected chi connectivity index (χ4v) is 3.05. The third-order valence-corrected chi connectivity index (χ3v) is 4.05. The molecule has 0 aliphatic carbocycles. The van der Waals surface area contributed by atoms with Crippen LogP contribution in [0.4, 0.5) is 5.95 Å². The zero-order valence-corrected chi connectivity index (χ0v) is 12.3. The van der Waals surface area contributed by atoms with E-state index in [1.165, 1.54) is 32.1 Å². The molecule has 1 aromatic heterocycles. The van der Waals surface area contributed by atoms with Crippen LogP contribution in [0.1, 0.15) is 39.0 Å². The molecule has 1 aliphatic heterocycles. The van der Waals surface area contributed by atoms with Crippen molar-refractivity contribution in [2.75, 3.05) is 23.7 Å². The third-order valence-electron chi connectivity index (χ3n) is 2.94. The first-order valence-corrected chi connectivity index (χ1v) is 7.95. The SMILES string of the molecule is CCCCSc1nc(Cl)nc(N2CCCCC2)n1. The molecule has 1 saturated heterocycles. The summed E-state index contributed by atoms with van der Waals surface area (Å²) in [5.74, 6) is 1.78. The Morgan fingerprint density at radius 3 is 2.67 bits per heavy atom. The van der Waals surface area contributed by atoms with Gasteiger partial charge in [-0.05, 0) is 37.3 Å². The molecule has 2 heterocycles. The molecule has 2 rings (SSSR count). The minimum absolute atomic E-state index is 0.310. The Kier molecular flexibility index (Phi) is 5.50. The normalized spacial score (nSPS) is 16.0. The fraction of sp³-hybridized carbons (Fsp3) is 0.750. The number of aromatic nitrogens is 3. The summed E-state index contributed by atoms with van der Waals surface area (Å²) in [5, 5.41) is 1.06. The van der Waals surface area contributed by atoms with Gasteiger partial charge in [0.15, 0.2) is 5.16 Å². The van der Waals surface area contributed by atoms with Crippen molar-refractivity contribution in [3.63, 3.8) is 0 Å². The van der Waals surface area contributed by atoms with Gasteiger partial charge in [-0.25, -0.2) is 0 Å². The smallest absolute Gasteiger partial charge is 0.230 e. The van der Waals surface area contributed by atoms with Gasteiger partial charge < -0.3 is 4.90 Å². The first-order chi connectivity index (χ1) is 8.79. The lowest BCUT2D eigenvalue weighted by atomic mass is 10.1. The molecule has 1 aliphatic rings. The van der Waals surface area contributed by atoms with E-state index in [-0.39, 0.29) is 0 Å². The van der Waals surface area contributed by atoms with Crippen molar-refractivity contribution in [3.05, 3.63) is 5.28 Å².